The smallest absolute Gasteiger partial charge is 0.200 e. The first-order chi connectivity index (χ1) is 24.6. The lowest BCUT2D eigenvalue weighted by Gasteiger charge is -2.47. The summed E-state index contributed by atoms with van der Waals surface area (Å²) in [6.45, 7) is 2.38. The van der Waals surface area contributed by atoms with E-state index >= 15 is 0 Å². The number of hydrogen-bond donors (Lipinski definition) is 0. The van der Waals surface area contributed by atoms with Crippen molar-refractivity contribution in [2.75, 3.05) is 11.9 Å². The van der Waals surface area contributed by atoms with Gasteiger partial charge in [0.2, 0.25) is 0 Å². The summed E-state index contributed by atoms with van der Waals surface area (Å²) in [7, 11) is 2.20. The molecule has 7 aromatic rings. The number of benzene rings is 6. The summed E-state index contributed by atoms with van der Waals surface area (Å²) in [6, 6.07) is 54.6. The third kappa shape index (κ3) is 4.15. The predicted octanol–water partition coefficient (Wildman–Crippen LogP) is 8.80. The highest BCUT2D eigenvalue weighted by molar-refractivity contribution is 6.10. The Morgan fingerprint density at radius 3 is 2.20 bits per heavy atom. The van der Waals surface area contributed by atoms with Crippen LogP contribution in [0.5, 0.6) is 0 Å². The molecule has 0 fully saturated rings. The Morgan fingerprint density at radius 1 is 0.640 bits per heavy atom. The SMILES string of the molecule is CN1C(c2ccccc2)=c2ccccc2=NC1N1c2ccccc2C2C=C(c3ccc4c(c3)c3ccccc3n4-c3ccccc3)C=CC21C. The fourth-order valence-corrected chi connectivity index (χ4v) is 8.69. The van der Waals surface area contributed by atoms with Gasteiger partial charge in [-0.25, -0.2) is 4.99 Å². The molecular formula is C46H36N4. The Labute approximate surface area is 291 Å². The number of rotatable bonds is 4. The molecule has 0 saturated carbocycles. The Bertz CT molecular complexity index is 2650. The number of fused-ring (bicyclic) bond motifs is 7. The molecule has 240 valence electrons. The Hall–Kier alpha value is -6.13. The molecule has 1 aliphatic carbocycles. The maximum Gasteiger partial charge on any atom is 0.200 e. The molecule has 3 atom stereocenters. The Morgan fingerprint density at radius 2 is 1.34 bits per heavy atom. The molecule has 3 aliphatic rings. The second-order valence-electron chi connectivity index (χ2n) is 13.8. The largest absolute Gasteiger partial charge is 0.335 e. The molecule has 1 aromatic heterocycles. The van der Waals surface area contributed by atoms with E-state index in [1.807, 2.05) is 0 Å². The van der Waals surface area contributed by atoms with E-state index in [1.54, 1.807) is 0 Å². The molecule has 2 aliphatic heterocycles. The maximum absolute atomic E-state index is 5.46. The summed E-state index contributed by atoms with van der Waals surface area (Å²) in [5.74, 6) is 0.154. The van der Waals surface area contributed by atoms with Gasteiger partial charge in [0.05, 0.1) is 27.6 Å². The molecule has 0 saturated heterocycles. The molecule has 3 heterocycles. The number of allylic oxidation sites excluding steroid dienone is 2. The van der Waals surface area contributed by atoms with E-state index in [4.69, 9.17) is 4.99 Å². The van der Waals surface area contributed by atoms with Crippen LogP contribution in [0.4, 0.5) is 5.69 Å². The highest BCUT2D eigenvalue weighted by Gasteiger charge is 2.51. The third-order valence-electron chi connectivity index (χ3n) is 11.0. The van der Waals surface area contributed by atoms with Crippen LogP contribution in [0.1, 0.15) is 29.5 Å². The van der Waals surface area contributed by atoms with E-state index in [1.165, 1.54) is 61.1 Å². The number of nitrogens with zero attached hydrogens (tertiary/aromatic N) is 4. The van der Waals surface area contributed by atoms with Gasteiger partial charge < -0.3 is 14.4 Å². The lowest BCUT2D eigenvalue weighted by atomic mass is 9.77. The minimum absolute atomic E-state index is 0.154. The van der Waals surface area contributed by atoms with E-state index in [0.29, 0.717) is 0 Å². The molecule has 3 unspecified atom stereocenters. The first kappa shape index (κ1) is 28.8. The first-order valence-electron chi connectivity index (χ1n) is 17.4. The van der Waals surface area contributed by atoms with Gasteiger partial charge in [0.15, 0.2) is 6.29 Å². The van der Waals surface area contributed by atoms with E-state index in [0.717, 1.165) is 10.6 Å². The van der Waals surface area contributed by atoms with Gasteiger partial charge in [0.1, 0.15) is 0 Å². The summed E-state index contributed by atoms with van der Waals surface area (Å²) >= 11 is 0. The molecule has 0 N–H and O–H groups in total. The molecule has 50 heavy (non-hydrogen) atoms. The van der Waals surface area contributed by atoms with Gasteiger partial charge in [-0.05, 0) is 71.7 Å². The van der Waals surface area contributed by atoms with Crippen molar-refractivity contribution in [3.8, 4) is 5.69 Å². The topological polar surface area (TPSA) is 23.8 Å². The number of hydrogen-bond acceptors (Lipinski definition) is 3. The van der Waals surface area contributed by atoms with Crippen LogP contribution in [0, 0.1) is 0 Å². The Balaban J connectivity index is 1.10. The van der Waals surface area contributed by atoms with Crippen molar-refractivity contribution >= 4 is 38.8 Å². The van der Waals surface area contributed by atoms with Crippen LogP contribution in [0.2, 0.25) is 0 Å². The van der Waals surface area contributed by atoms with Crippen LogP contribution in [0.25, 0.3) is 38.8 Å². The van der Waals surface area contributed by atoms with Crippen molar-refractivity contribution in [2.45, 2.75) is 24.7 Å². The minimum atomic E-state index is -0.322. The van der Waals surface area contributed by atoms with E-state index in [9.17, 15) is 0 Å². The fraction of sp³-hybridized carbons (Fsp3) is 0.109. The zero-order valence-corrected chi connectivity index (χ0v) is 28.1. The van der Waals surface area contributed by atoms with Crippen molar-refractivity contribution in [3.63, 3.8) is 0 Å². The van der Waals surface area contributed by atoms with Crippen LogP contribution in [-0.2, 0) is 0 Å². The third-order valence-corrected chi connectivity index (χ3v) is 11.0. The van der Waals surface area contributed by atoms with E-state index in [-0.39, 0.29) is 17.7 Å². The van der Waals surface area contributed by atoms with E-state index in [2.05, 4.69) is 198 Å². The molecule has 6 aromatic carbocycles. The molecule has 0 radical (unpaired) electrons. The van der Waals surface area contributed by atoms with Crippen molar-refractivity contribution in [2.24, 2.45) is 4.99 Å². The van der Waals surface area contributed by atoms with Crippen molar-refractivity contribution in [1.29, 1.82) is 0 Å². The summed E-state index contributed by atoms with van der Waals surface area (Å²) in [5, 5.41) is 4.72. The monoisotopic (exact) mass is 644 g/mol. The zero-order valence-electron chi connectivity index (χ0n) is 28.1. The highest BCUT2D eigenvalue weighted by atomic mass is 15.5. The van der Waals surface area contributed by atoms with E-state index < -0.39 is 0 Å². The quantitative estimate of drug-likeness (QED) is 0.191. The van der Waals surface area contributed by atoms with Gasteiger partial charge in [0, 0.05) is 40.3 Å². The van der Waals surface area contributed by atoms with Crippen LogP contribution in [0.15, 0.2) is 175 Å². The molecule has 0 spiro atoms. The minimum Gasteiger partial charge on any atom is -0.335 e. The van der Waals surface area contributed by atoms with Crippen molar-refractivity contribution < 1.29 is 0 Å². The second kappa shape index (κ2) is 10.9. The van der Waals surface area contributed by atoms with Crippen LogP contribution in [0.3, 0.4) is 0 Å². The zero-order chi connectivity index (χ0) is 33.4. The molecule has 10 rings (SSSR count). The average molecular weight is 645 g/mol. The predicted molar refractivity (Wildman–Crippen MR) is 206 cm³/mol. The van der Waals surface area contributed by atoms with Crippen LogP contribution >= 0.6 is 0 Å². The lowest BCUT2D eigenvalue weighted by Crippen LogP contribution is -2.58. The van der Waals surface area contributed by atoms with Gasteiger partial charge in [-0.2, -0.15) is 0 Å². The molecule has 0 bridgehead atoms. The number of para-hydroxylation sites is 4. The number of anilines is 1. The Kier molecular flexibility index (Phi) is 6.31. The maximum atomic E-state index is 5.46. The molecular weight excluding hydrogens is 609 g/mol. The van der Waals surface area contributed by atoms with Crippen LogP contribution in [-0.4, -0.2) is 28.3 Å². The number of aromatic nitrogens is 1. The lowest BCUT2D eigenvalue weighted by molar-refractivity contribution is 0.288. The highest BCUT2D eigenvalue weighted by Crippen LogP contribution is 2.54. The van der Waals surface area contributed by atoms with Crippen LogP contribution < -0.4 is 15.5 Å². The van der Waals surface area contributed by atoms with Gasteiger partial charge in [0.25, 0.3) is 0 Å². The first-order valence-corrected chi connectivity index (χ1v) is 17.4. The van der Waals surface area contributed by atoms with Crippen molar-refractivity contribution in [3.05, 3.63) is 197 Å². The van der Waals surface area contributed by atoms with Gasteiger partial charge in [-0.15, -0.1) is 0 Å². The van der Waals surface area contributed by atoms with Gasteiger partial charge in [-0.3, -0.25) is 0 Å². The molecule has 4 nitrogen and oxygen atoms in total. The summed E-state index contributed by atoms with van der Waals surface area (Å²) in [6.07, 6.45) is 7.04. The summed E-state index contributed by atoms with van der Waals surface area (Å²) in [4.78, 5) is 10.4. The van der Waals surface area contributed by atoms with Gasteiger partial charge >= 0.3 is 0 Å². The fourth-order valence-electron chi connectivity index (χ4n) is 8.69. The summed E-state index contributed by atoms with van der Waals surface area (Å²) in [5.41, 5.74) is 10.7. The molecule has 0 amide bonds. The van der Waals surface area contributed by atoms with Crippen molar-refractivity contribution in [1.82, 2.24) is 9.47 Å². The normalized spacial score (nSPS) is 20.8. The summed E-state index contributed by atoms with van der Waals surface area (Å²) < 4.78 is 2.38. The average Bonchev–Trinajstić information content (AvgIpc) is 3.63. The van der Waals surface area contributed by atoms with Gasteiger partial charge in [-0.1, -0.05) is 127 Å². The molecule has 4 heteroatoms. The second-order valence-corrected chi connectivity index (χ2v) is 13.8. The standard InChI is InChI=1S/C46H36N4/c1-46-28-27-33(32-25-26-42-38(29-32)35-19-10-13-23-41(35)49(42)34-17-7-4-8-18-34)30-39(46)36-20-11-14-24-43(36)50(46)45-47-40-22-12-9-21-37(40)44(48(45)2)31-15-5-3-6-16-31/h3-30,39,45H,1-2H3.